The Morgan fingerprint density at radius 3 is 2.22 bits per heavy atom. The molecule has 0 atom stereocenters. The van der Waals surface area contributed by atoms with Crippen molar-refractivity contribution in [2.24, 2.45) is 0 Å². The molecule has 2 rings (SSSR count). The van der Waals surface area contributed by atoms with Crippen LogP contribution in [-0.2, 0) is 24.3 Å². The van der Waals surface area contributed by atoms with Gasteiger partial charge in [-0.15, -0.1) is 0 Å². The number of ether oxygens (including phenoxy) is 2. The van der Waals surface area contributed by atoms with Gasteiger partial charge in [-0.3, -0.25) is 4.79 Å². The summed E-state index contributed by atoms with van der Waals surface area (Å²) in [5.74, 6) is -2.07. The molecule has 172 valence electrons. The molecule has 0 unspecified atom stereocenters. The SMILES string of the molecule is CC(C)OC(=O)c1ccc(NC(=O)COC(=O)c2cc(S(=O)(=O)N(C)C)ccc2Cl)cc1. The Morgan fingerprint density at radius 2 is 1.66 bits per heavy atom. The van der Waals surface area contributed by atoms with Crippen molar-refractivity contribution in [3.63, 3.8) is 0 Å². The third-order valence-electron chi connectivity index (χ3n) is 4.02. The molecule has 1 N–H and O–H groups in total. The van der Waals surface area contributed by atoms with Crippen LogP contribution in [0, 0.1) is 0 Å². The lowest BCUT2D eigenvalue weighted by Crippen LogP contribution is -2.23. The predicted octanol–water partition coefficient (Wildman–Crippen LogP) is 2.95. The minimum absolute atomic E-state index is 0.0167. The summed E-state index contributed by atoms with van der Waals surface area (Å²) < 4.78 is 35.5. The lowest BCUT2D eigenvalue weighted by Gasteiger charge is -2.13. The molecule has 2 aromatic carbocycles. The van der Waals surface area contributed by atoms with Gasteiger partial charge in [0.1, 0.15) is 0 Å². The van der Waals surface area contributed by atoms with Crippen molar-refractivity contribution in [2.75, 3.05) is 26.0 Å². The molecule has 0 fully saturated rings. The van der Waals surface area contributed by atoms with Crippen molar-refractivity contribution in [1.29, 1.82) is 0 Å². The van der Waals surface area contributed by atoms with E-state index >= 15 is 0 Å². The van der Waals surface area contributed by atoms with Crippen molar-refractivity contribution < 1.29 is 32.3 Å². The minimum Gasteiger partial charge on any atom is -0.459 e. The third-order valence-corrected chi connectivity index (χ3v) is 6.16. The summed E-state index contributed by atoms with van der Waals surface area (Å²) in [5, 5.41) is 2.50. The number of esters is 2. The van der Waals surface area contributed by atoms with Gasteiger partial charge in [-0.2, -0.15) is 0 Å². The third kappa shape index (κ3) is 6.52. The number of hydrogen-bond donors (Lipinski definition) is 1. The molecule has 0 aliphatic heterocycles. The van der Waals surface area contributed by atoms with Gasteiger partial charge < -0.3 is 14.8 Å². The van der Waals surface area contributed by atoms with Gasteiger partial charge in [0.25, 0.3) is 5.91 Å². The number of amides is 1. The fraction of sp³-hybridized carbons (Fsp3) is 0.286. The van der Waals surface area contributed by atoms with Gasteiger partial charge in [-0.05, 0) is 56.3 Å². The van der Waals surface area contributed by atoms with E-state index in [9.17, 15) is 22.8 Å². The lowest BCUT2D eigenvalue weighted by molar-refractivity contribution is -0.119. The molecule has 1 amide bonds. The maximum Gasteiger partial charge on any atom is 0.340 e. The standard InChI is InChI=1S/C21H23ClN2O7S/c1-13(2)31-20(26)14-5-7-15(8-6-14)23-19(25)12-30-21(27)17-11-16(9-10-18(17)22)32(28,29)24(3)4/h5-11,13H,12H2,1-4H3,(H,23,25). The molecule has 0 radical (unpaired) electrons. The molecule has 11 heteroatoms. The molecular weight excluding hydrogens is 460 g/mol. The number of hydrogen-bond acceptors (Lipinski definition) is 7. The highest BCUT2D eigenvalue weighted by Crippen LogP contribution is 2.23. The monoisotopic (exact) mass is 482 g/mol. The highest BCUT2D eigenvalue weighted by atomic mass is 35.5. The summed E-state index contributed by atoms with van der Waals surface area (Å²) in [6.45, 7) is 2.84. The number of carbonyl (C=O) groups is 3. The Kier molecular flexibility index (Phi) is 8.37. The second-order valence-corrected chi connectivity index (χ2v) is 9.64. The van der Waals surface area contributed by atoms with E-state index in [2.05, 4.69) is 5.32 Å². The van der Waals surface area contributed by atoms with Crippen LogP contribution in [0.15, 0.2) is 47.4 Å². The second kappa shape index (κ2) is 10.6. The zero-order valence-corrected chi connectivity index (χ0v) is 19.5. The summed E-state index contributed by atoms with van der Waals surface area (Å²) in [7, 11) is -1.08. The minimum atomic E-state index is -3.78. The number of nitrogens with one attached hydrogen (secondary N) is 1. The Morgan fingerprint density at radius 1 is 1.03 bits per heavy atom. The number of nitrogens with zero attached hydrogens (tertiary/aromatic N) is 1. The highest BCUT2D eigenvalue weighted by molar-refractivity contribution is 7.89. The first kappa shape index (κ1) is 25.3. The fourth-order valence-electron chi connectivity index (χ4n) is 2.41. The van der Waals surface area contributed by atoms with Crippen LogP contribution in [0.2, 0.25) is 5.02 Å². The van der Waals surface area contributed by atoms with E-state index in [0.29, 0.717) is 11.3 Å². The molecule has 0 aliphatic carbocycles. The zero-order chi connectivity index (χ0) is 24.1. The summed E-state index contributed by atoms with van der Waals surface area (Å²) in [6.07, 6.45) is -0.256. The quantitative estimate of drug-likeness (QED) is 0.574. The predicted molar refractivity (Wildman–Crippen MR) is 118 cm³/mol. The van der Waals surface area contributed by atoms with Crippen molar-refractivity contribution in [2.45, 2.75) is 24.8 Å². The van der Waals surface area contributed by atoms with Crippen molar-refractivity contribution in [3.05, 3.63) is 58.6 Å². The van der Waals surface area contributed by atoms with E-state index in [1.807, 2.05) is 0 Å². The number of anilines is 1. The molecule has 0 heterocycles. The van der Waals surface area contributed by atoms with Gasteiger partial charge in [-0.25, -0.2) is 22.3 Å². The molecule has 0 aliphatic rings. The van der Waals surface area contributed by atoms with E-state index in [-0.39, 0.29) is 21.6 Å². The fourth-order valence-corrected chi connectivity index (χ4v) is 3.53. The van der Waals surface area contributed by atoms with Crippen molar-refractivity contribution in [1.82, 2.24) is 4.31 Å². The lowest BCUT2D eigenvalue weighted by atomic mass is 10.2. The van der Waals surface area contributed by atoms with Crippen LogP contribution >= 0.6 is 11.6 Å². The molecular formula is C21H23ClN2O7S. The van der Waals surface area contributed by atoms with E-state index in [0.717, 1.165) is 10.4 Å². The smallest absolute Gasteiger partial charge is 0.340 e. The number of rotatable bonds is 8. The highest BCUT2D eigenvalue weighted by Gasteiger charge is 2.22. The van der Waals surface area contributed by atoms with Gasteiger partial charge in [0, 0.05) is 19.8 Å². The second-order valence-electron chi connectivity index (χ2n) is 7.08. The number of halogens is 1. The Hall–Kier alpha value is -2.95. The molecule has 0 bridgehead atoms. The summed E-state index contributed by atoms with van der Waals surface area (Å²) >= 11 is 5.99. The Labute approximate surface area is 191 Å². The van der Waals surface area contributed by atoms with E-state index in [1.54, 1.807) is 13.8 Å². The topological polar surface area (TPSA) is 119 Å². The van der Waals surface area contributed by atoms with Gasteiger partial charge in [-0.1, -0.05) is 11.6 Å². The van der Waals surface area contributed by atoms with Crippen LogP contribution in [0.3, 0.4) is 0 Å². The van der Waals surface area contributed by atoms with E-state index in [1.165, 1.54) is 50.5 Å². The van der Waals surface area contributed by atoms with Crippen LogP contribution in [0.4, 0.5) is 5.69 Å². The first-order chi connectivity index (χ1) is 14.9. The summed E-state index contributed by atoms with van der Waals surface area (Å²) in [5.41, 5.74) is 0.519. The van der Waals surface area contributed by atoms with E-state index in [4.69, 9.17) is 21.1 Å². The van der Waals surface area contributed by atoms with Crippen LogP contribution in [0.1, 0.15) is 34.6 Å². The first-order valence-electron chi connectivity index (χ1n) is 9.42. The normalized spacial score (nSPS) is 11.3. The van der Waals surface area contributed by atoms with Gasteiger partial charge >= 0.3 is 11.9 Å². The van der Waals surface area contributed by atoms with Crippen LogP contribution in [-0.4, -0.2) is 57.4 Å². The van der Waals surface area contributed by atoms with Gasteiger partial charge in [0.2, 0.25) is 10.0 Å². The maximum absolute atomic E-state index is 12.3. The number of sulfonamides is 1. The summed E-state index contributed by atoms with van der Waals surface area (Å²) in [6, 6.07) is 9.60. The molecule has 0 aromatic heterocycles. The van der Waals surface area contributed by atoms with E-state index < -0.39 is 34.5 Å². The number of benzene rings is 2. The summed E-state index contributed by atoms with van der Waals surface area (Å²) in [4.78, 5) is 36.1. The molecule has 9 nitrogen and oxygen atoms in total. The number of carbonyl (C=O) groups excluding carboxylic acids is 3. The van der Waals surface area contributed by atoms with Crippen LogP contribution in [0.5, 0.6) is 0 Å². The maximum atomic E-state index is 12.3. The van der Waals surface area contributed by atoms with Crippen LogP contribution < -0.4 is 5.32 Å². The van der Waals surface area contributed by atoms with Gasteiger partial charge in [0.05, 0.1) is 27.1 Å². The Balaban J connectivity index is 2.00. The molecule has 0 spiro atoms. The van der Waals surface area contributed by atoms with Crippen molar-refractivity contribution >= 4 is 45.2 Å². The molecule has 2 aromatic rings. The molecule has 0 saturated heterocycles. The van der Waals surface area contributed by atoms with Gasteiger partial charge in [0.15, 0.2) is 6.61 Å². The Bertz CT molecular complexity index is 1110. The average Bonchev–Trinajstić information content (AvgIpc) is 2.72. The zero-order valence-electron chi connectivity index (χ0n) is 17.9. The largest absolute Gasteiger partial charge is 0.459 e. The molecule has 32 heavy (non-hydrogen) atoms. The van der Waals surface area contributed by atoms with Crippen LogP contribution in [0.25, 0.3) is 0 Å². The average molecular weight is 483 g/mol. The van der Waals surface area contributed by atoms with Crippen molar-refractivity contribution in [3.8, 4) is 0 Å². The molecule has 0 saturated carbocycles. The first-order valence-corrected chi connectivity index (χ1v) is 11.2.